The first kappa shape index (κ1) is 22.1. The number of cyclic esters (lactones) is 1. The molecule has 1 fully saturated rings. The van der Waals surface area contributed by atoms with Crippen molar-refractivity contribution in [2.24, 2.45) is 0 Å². The predicted molar refractivity (Wildman–Crippen MR) is 133 cm³/mol. The highest BCUT2D eigenvalue weighted by atomic mass is 16.5. The highest BCUT2D eigenvalue weighted by Crippen LogP contribution is 2.31. The van der Waals surface area contributed by atoms with Crippen molar-refractivity contribution in [2.75, 3.05) is 32.7 Å². The Morgan fingerprint density at radius 2 is 1.62 bits per heavy atom. The van der Waals surface area contributed by atoms with Crippen LogP contribution in [0.15, 0.2) is 84.9 Å². The second-order valence-electron chi connectivity index (χ2n) is 8.79. The Balaban J connectivity index is 1.20. The zero-order valence-electron chi connectivity index (χ0n) is 19.1. The van der Waals surface area contributed by atoms with Crippen molar-refractivity contribution in [2.45, 2.75) is 12.5 Å². The van der Waals surface area contributed by atoms with Gasteiger partial charge in [0.05, 0.1) is 5.56 Å². The van der Waals surface area contributed by atoms with E-state index in [0.717, 1.165) is 30.8 Å². The summed E-state index contributed by atoms with van der Waals surface area (Å²) < 4.78 is 5.64. The molecule has 0 saturated carbocycles. The fraction of sp³-hybridized carbons (Fsp3) is 0.241. The monoisotopic (exact) mass is 452 g/mol. The van der Waals surface area contributed by atoms with Crippen LogP contribution in [-0.4, -0.2) is 54.4 Å². The van der Waals surface area contributed by atoms with E-state index >= 15 is 0 Å². The van der Waals surface area contributed by atoms with Crippen molar-refractivity contribution >= 4 is 18.0 Å². The van der Waals surface area contributed by atoms with Gasteiger partial charge in [0.2, 0.25) is 0 Å². The van der Waals surface area contributed by atoms with Gasteiger partial charge in [0.15, 0.2) is 0 Å². The molecule has 1 unspecified atom stereocenters. The number of esters is 1. The SMILES string of the molecule is O=C1OC(c2ccccc2)Cc2cc(C(=O)N3CCN(CC=Cc4ccccc4)CC3)ccc21. The largest absolute Gasteiger partial charge is 0.454 e. The lowest BCUT2D eigenvalue weighted by Crippen LogP contribution is -2.48. The second kappa shape index (κ2) is 10.1. The summed E-state index contributed by atoms with van der Waals surface area (Å²) in [6, 6.07) is 25.4. The molecule has 2 aliphatic heterocycles. The number of carbonyl (C=O) groups is 2. The number of fused-ring (bicyclic) bond motifs is 1. The summed E-state index contributed by atoms with van der Waals surface area (Å²) in [6.45, 7) is 3.96. The number of ether oxygens (including phenoxy) is 1. The smallest absolute Gasteiger partial charge is 0.339 e. The molecule has 1 saturated heterocycles. The minimum atomic E-state index is -0.328. The minimum absolute atomic E-state index is 0.0254. The summed E-state index contributed by atoms with van der Waals surface area (Å²) in [4.78, 5) is 30.0. The highest BCUT2D eigenvalue weighted by Gasteiger charge is 2.29. The van der Waals surface area contributed by atoms with Crippen molar-refractivity contribution in [1.82, 2.24) is 9.80 Å². The van der Waals surface area contributed by atoms with Gasteiger partial charge in [0.1, 0.15) is 6.10 Å². The van der Waals surface area contributed by atoms with Crippen LogP contribution < -0.4 is 0 Å². The van der Waals surface area contributed by atoms with E-state index in [2.05, 4.69) is 29.2 Å². The Kier molecular flexibility index (Phi) is 6.54. The van der Waals surface area contributed by atoms with E-state index in [1.165, 1.54) is 5.56 Å². The lowest BCUT2D eigenvalue weighted by Gasteiger charge is -2.34. The first-order chi connectivity index (χ1) is 16.7. The molecule has 1 atom stereocenters. The standard InChI is InChI=1S/C29H28N2O3/c32-28(31-18-16-30(17-19-31)15-7-10-22-8-3-1-4-9-22)24-13-14-26-25(20-24)21-27(34-29(26)33)23-11-5-2-6-12-23/h1-14,20,27H,15-19,21H2. The number of nitrogens with zero attached hydrogens (tertiary/aromatic N) is 2. The molecule has 3 aromatic rings. The zero-order chi connectivity index (χ0) is 23.3. The molecular weight excluding hydrogens is 424 g/mol. The van der Waals surface area contributed by atoms with Gasteiger partial charge in [-0.3, -0.25) is 9.69 Å². The summed E-state index contributed by atoms with van der Waals surface area (Å²) in [7, 11) is 0. The number of amides is 1. The third-order valence-electron chi connectivity index (χ3n) is 6.53. The maximum Gasteiger partial charge on any atom is 0.339 e. The summed E-state index contributed by atoms with van der Waals surface area (Å²) in [5.41, 5.74) is 4.23. The van der Waals surface area contributed by atoms with Gasteiger partial charge in [-0.25, -0.2) is 4.79 Å². The number of benzene rings is 3. The van der Waals surface area contributed by atoms with Crippen molar-refractivity contribution in [3.05, 3.63) is 113 Å². The number of hydrogen-bond donors (Lipinski definition) is 0. The molecule has 5 nitrogen and oxygen atoms in total. The topological polar surface area (TPSA) is 49.9 Å². The molecule has 2 aliphatic rings. The number of carbonyl (C=O) groups excluding carboxylic acids is 2. The van der Waals surface area contributed by atoms with Crippen LogP contribution >= 0.6 is 0 Å². The van der Waals surface area contributed by atoms with Gasteiger partial charge in [0.25, 0.3) is 5.91 Å². The fourth-order valence-electron chi connectivity index (χ4n) is 4.60. The molecule has 5 rings (SSSR count). The predicted octanol–water partition coefficient (Wildman–Crippen LogP) is 4.61. The van der Waals surface area contributed by atoms with E-state index in [4.69, 9.17) is 4.74 Å². The van der Waals surface area contributed by atoms with Crippen LogP contribution in [0.4, 0.5) is 0 Å². The van der Waals surface area contributed by atoms with Gasteiger partial charge in [0, 0.05) is 44.7 Å². The van der Waals surface area contributed by atoms with Gasteiger partial charge < -0.3 is 9.64 Å². The van der Waals surface area contributed by atoms with E-state index in [9.17, 15) is 9.59 Å². The van der Waals surface area contributed by atoms with E-state index in [-0.39, 0.29) is 18.0 Å². The average Bonchev–Trinajstić information content (AvgIpc) is 2.89. The molecule has 5 heteroatoms. The van der Waals surface area contributed by atoms with Gasteiger partial charge in [-0.05, 0) is 34.9 Å². The Hall–Kier alpha value is -3.70. The normalized spacial score (nSPS) is 18.5. The van der Waals surface area contributed by atoms with E-state index < -0.39 is 0 Å². The van der Waals surface area contributed by atoms with Crippen LogP contribution in [0.3, 0.4) is 0 Å². The lowest BCUT2D eigenvalue weighted by molar-refractivity contribution is 0.0252. The Morgan fingerprint density at radius 3 is 2.35 bits per heavy atom. The zero-order valence-corrected chi connectivity index (χ0v) is 19.1. The van der Waals surface area contributed by atoms with Gasteiger partial charge in [-0.1, -0.05) is 72.8 Å². The van der Waals surface area contributed by atoms with Gasteiger partial charge >= 0.3 is 5.97 Å². The lowest BCUT2D eigenvalue weighted by atomic mass is 9.93. The molecule has 34 heavy (non-hydrogen) atoms. The maximum atomic E-state index is 13.2. The molecule has 0 aromatic heterocycles. The molecule has 0 bridgehead atoms. The third kappa shape index (κ3) is 4.95. The summed E-state index contributed by atoms with van der Waals surface area (Å²) in [5, 5.41) is 0. The first-order valence-electron chi connectivity index (χ1n) is 11.8. The molecule has 0 radical (unpaired) electrons. The van der Waals surface area contributed by atoms with Crippen molar-refractivity contribution in [3.63, 3.8) is 0 Å². The summed E-state index contributed by atoms with van der Waals surface area (Å²) >= 11 is 0. The quantitative estimate of drug-likeness (QED) is 0.531. The molecule has 0 aliphatic carbocycles. The Morgan fingerprint density at radius 1 is 0.912 bits per heavy atom. The summed E-state index contributed by atoms with van der Waals surface area (Å²) in [6.07, 6.45) is 4.57. The first-order valence-corrected chi connectivity index (χ1v) is 11.8. The molecule has 3 aromatic carbocycles. The van der Waals surface area contributed by atoms with E-state index in [0.29, 0.717) is 30.6 Å². The highest BCUT2D eigenvalue weighted by molar-refractivity contribution is 5.98. The molecular formula is C29H28N2O3. The number of piperazine rings is 1. The summed E-state index contributed by atoms with van der Waals surface area (Å²) in [5.74, 6) is -0.302. The van der Waals surface area contributed by atoms with Crippen LogP contribution in [0.25, 0.3) is 6.08 Å². The van der Waals surface area contributed by atoms with Crippen LogP contribution in [0.1, 0.15) is 43.5 Å². The average molecular weight is 453 g/mol. The van der Waals surface area contributed by atoms with Crippen LogP contribution in [0, 0.1) is 0 Å². The fourth-order valence-corrected chi connectivity index (χ4v) is 4.60. The third-order valence-corrected chi connectivity index (χ3v) is 6.53. The van der Waals surface area contributed by atoms with Gasteiger partial charge in [-0.2, -0.15) is 0 Å². The van der Waals surface area contributed by atoms with E-state index in [1.807, 2.05) is 59.5 Å². The van der Waals surface area contributed by atoms with Crippen LogP contribution in [0.5, 0.6) is 0 Å². The number of hydrogen-bond acceptors (Lipinski definition) is 4. The molecule has 1 amide bonds. The molecule has 0 spiro atoms. The van der Waals surface area contributed by atoms with Gasteiger partial charge in [-0.15, -0.1) is 0 Å². The minimum Gasteiger partial charge on any atom is -0.454 e. The maximum absolute atomic E-state index is 13.2. The van der Waals surface area contributed by atoms with Crippen LogP contribution in [0.2, 0.25) is 0 Å². The second-order valence-corrected chi connectivity index (χ2v) is 8.79. The van der Waals surface area contributed by atoms with Crippen molar-refractivity contribution in [3.8, 4) is 0 Å². The van der Waals surface area contributed by atoms with E-state index in [1.54, 1.807) is 12.1 Å². The Labute approximate surface area is 200 Å². The van der Waals surface area contributed by atoms with Crippen LogP contribution in [-0.2, 0) is 11.2 Å². The Bertz CT molecular complexity index is 1180. The van der Waals surface area contributed by atoms with Crippen molar-refractivity contribution < 1.29 is 14.3 Å². The number of rotatable bonds is 5. The molecule has 0 N–H and O–H groups in total. The molecule has 2 heterocycles. The van der Waals surface area contributed by atoms with Crippen molar-refractivity contribution in [1.29, 1.82) is 0 Å². The molecule has 172 valence electrons.